The normalized spacial score (nSPS) is 11.0. The molecule has 0 amide bonds. The smallest absolute Gasteiger partial charge is 0.135 e. The van der Waals surface area contributed by atoms with Crippen molar-refractivity contribution in [1.29, 1.82) is 0 Å². The number of anilines is 1. The highest BCUT2D eigenvalue weighted by atomic mass is 79.9. The molecule has 124 valence electrons. The standard InChI is InChI=1S/C21H17BrN2S/c1-14-7-9-16(10-8-14)17-13-25-20-18(22)12-24-21(19(17)20)23-11-15-5-3-2-4-6-15/h2-10,12-13H,11H2,1H3,(H,23,24). The quantitative estimate of drug-likeness (QED) is 0.408. The summed E-state index contributed by atoms with van der Waals surface area (Å²) < 4.78 is 2.26. The fraction of sp³-hybridized carbons (Fsp3) is 0.0952. The van der Waals surface area contributed by atoms with Gasteiger partial charge in [-0.15, -0.1) is 11.3 Å². The first-order chi connectivity index (χ1) is 12.2. The number of hydrogen-bond donors (Lipinski definition) is 1. The Bertz CT molecular complexity index is 1010. The van der Waals surface area contributed by atoms with E-state index in [9.17, 15) is 0 Å². The maximum atomic E-state index is 4.65. The molecule has 0 unspecified atom stereocenters. The van der Waals surface area contributed by atoms with E-state index >= 15 is 0 Å². The minimum atomic E-state index is 0.758. The molecule has 0 saturated carbocycles. The van der Waals surface area contributed by atoms with Crippen LogP contribution in [0.25, 0.3) is 21.2 Å². The highest BCUT2D eigenvalue weighted by Gasteiger charge is 2.14. The first kappa shape index (κ1) is 16.3. The number of halogens is 1. The van der Waals surface area contributed by atoms with E-state index in [2.05, 4.69) is 87.1 Å². The average molecular weight is 409 g/mol. The van der Waals surface area contributed by atoms with Gasteiger partial charge in [-0.2, -0.15) is 0 Å². The molecule has 25 heavy (non-hydrogen) atoms. The Morgan fingerprint density at radius 2 is 1.80 bits per heavy atom. The molecule has 0 bridgehead atoms. The Hall–Kier alpha value is -2.17. The second-order valence-electron chi connectivity index (χ2n) is 6.01. The van der Waals surface area contributed by atoms with Crippen molar-refractivity contribution < 1.29 is 0 Å². The Morgan fingerprint density at radius 3 is 2.56 bits per heavy atom. The van der Waals surface area contributed by atoms with E-state index in [4.69, 9.17) is 0 Å². The summed E-state index contributed by atoms with van der Waals surface area (Å²) in [7, 11) is 0. The Kier molecular flexibility index (Phi) is 4.55. The van der Waals surface area contributed by atoms with Crippen LogP contribution in [0.5, 0.6) is 0 Å². The number of aryl methyl sites for hydroxylation is 1. The van der Waals surface area contributed by atoms with Gasteiger partial charge in [0.2, 0.25) is 0 Å². The molecule has 2 nitrogen and oxygen atoms in total. The van der Waals surface area contributed by atoms with E-state index in [1.165, 1.54) is 32.3 Å². The molecular formula is C21H17BrN2S. The number of nitrogens with one attached hydrogen (secondary N) is 1. The van der Waals surface area contributed by atoms with Gasteiger partial charge in [-0.25, -0.2) is 4.98 Å². The molecule has 2 heterocycles. The topological polar surface area (TPSA) is 24.9 Å². The predicted molar refractivity (Wildman–Crippen MR) is 111 cm³/mol. The van der Waals surface area contributed by atoms with E-state index in [1.54, 1.807) is 11.3 Å². The lowest BCUT2D eigenvalue weighted by molar-refractivity contribution is 1.12. The molecule has 4 heteroatoms. The highest BCUT2D eigenvalue weighted by Crippen LogP contribution is 2.41. The maximum absolute atomic E-state index is 4.65. The van der Waals surface area contributed by atoms with Crippen molar-refractivity contribution in [3.63, 3.8) is 0 Å². The second kappa shape index (κ2) is 6.98. The highest BCUT2D eigenvalue weighted by molar-refractivity contribution is 9.10. The lowest BCUT2D eigenvalue weighted by atomic mass is 10.0. The van der Waals surface area contributed by atoms with Gasteiger partial charge in [0.1, 0.15) is 5.82 Å². The van der Waals surface area contributed by atoms with Crippen molar-refractivity contribution in [2.75, 3.05) is 5.32 Å². The van der Waals surface area contributed by atoms with Crippen LogP contribution >= 0.6 is 27.3 Å². The summed E-state index contributed by atoms with van der Waals surface area (Å²) in [6.45, 7) is 2.87. The molecule has 0 spiro atoms. The van der Waals surface area contributed by atoms with Gasteiger partial charge in [0.25, 0.3) is 0 Å². The van der Waals surface area contributed by atoms with Crippen LogP contribution in [0.2, 0.25) is 0 Å². The van der Waals surface area contributed by atoms with Gasteiger partial charge in [-0.05, 0) is 39.4 Å². The zero-order valence-electron chi connectivity index (χ0n) is 13.8. The summed E-state index contributed by atoms with van der Waals surface area (Å²) in [4.78, 5) is 4.65. The summed E-state index contributed by atoms with van der Waals surface area (Å²) in [6.07, 6.45) is 1.88. The number of thiophene rings is 1. The van der Waals surface area contributed by atoms with E-state index in [0.717, 1.165) is 16.8 Å². The summed E-state index contributed by atoms with van der Waals surface area (Å²) in [6, 6.07) is 19.1. The fourth-order valence-corrected chi connectivity index (χ4v) is 4.43. The molecule has 0 radical (unpaired) electrons. The molecule has 0 atom stereocenters. The van der Waals surface area contributed by atoms with Crippen LogP contribution in [-0.2, 0) is 6.54 Å². The first-order valence-corrected chi connectivity index (χ1v) is 9.80. The predicted octanol–water partition coefficient (Wildman–Crippen LogP) is 6.65. The van der Waals surface area contributed by atoms with Crippen molar-refractivity contribution >= 4 is 43.2 Å². The molecule has 0 saturated heterocycles. The molecular weight excluding hydrogens is 392 g/mol. The van der Waals surface area contributed by atoms with Crippen molar-refractivity contribution in [2.45, 2.75) is 13.5 Å². The van der Waals surface area contributed by atoms with Gasteiger partial charge >= 0.3 is 0 Å². The minimum absolute atomic E-state index is 0.758. The lowest BCUT2D eigenvalue weighted by Gasteiger charge is -2.10. The van der Waals surface area contributed by atoms with Gasteiger partial charge in [0.05, 0.1) is 9.17 Å². The van der Waals surface area contributed by atoms with E-state index in [-0.39, 0.29) is 0 Å². The van der Waals surface area contributed by atoms with Gasteiger partial charge in [0, 0.05) is 23.7 Å². The third-order valence-corrected chi connectivity index (χ3v) is 6.09. The average Bonchev–Trinajstić information content (AvgIpc) is 3.09. The number of pyridine rings is 1. The molecule has 1 N–H and O–H groups in total. The zero-order chi connectivity index (χ0) is 17.2. The molecule has 4 aromatic rings. The number of benzene rings is 2. The fourth-order valence-electron chi connectivity index (χ4n) is 2.87. The van der Waals surface area contributed by atoms with Crippen LogP contribution < -0.4 is 5.32 Å². The van der Waals surface area contributed by atoms with E-state index in [0.29, 0.717) is 0 Å². The Labute approximate surface area is 159 Å². The van der Waals surface area contributed by atoms with Crippen molar-refractivity contribution in [2.24, 2.45) is 0 Å². The summed E-state index contributed by atoms with van der Waals surface area (Å²) in [5.41, 5.74) is 4.96. The number of hydrogen-bond acceptors (Lipinski definition) is 3. The monoisotopic (exact) mass is 408 g/mol. The summed E-state index contributed by atoms with van der Waals surface area (Å²) in [5.74, 6) is 0.930. The first-order valence-electron chi connectivity index (χ1n) is 8.13. The SMILES string of the molecule is Cc1ccc(-c2csc3c(Br)cnc(NCc4ccccc4)c23)cc1. The van der Waals surface area contributed by atoms with Crippen LogP contribution in [0.3, 0.4) is 0 Å². The number of fused-ring (bicyclic) bond motifs is 1. The Balaban J connectivity index is 1.77. The van der Waals surface area contributed by atoms with Gasteiger partial charge in [0.15, 0.2) is 0 Å². The van der Waals surface area contributed by atoms with E-state index in [1.807, 2.05) is 12.3 Å². The number of nitrogens with zero attached hydrogens (tertiary/aromatic N) is 1. The lowest BCUT2D eigenvalue weighted by Crippen LogP contribution is -2.01. The number of aromatic nitrogens is 1. The van der Waals surface area contributed by atoms with Crippen LogP contribution in [0.15, 0.2) is 70.6 Å². The van der Waals surface area contributed by atoms with Crippen LogP contribution in [0, 0.1) is 6.92 Å². The molecule has 0 fully saturated rings. The van der Waals surface area contributed by atoms with Crippen LogP contribution in [0.4, 0.5) is 5.82 Å². The van der Waals surface area contributed by atoms with E-state index < -0.39 is 0 Å². The molecule has 2 aromatic carbocycles. The van der Waals surface area contributed by atoms with Crippen LogP contribution in [-0.4, -0.2) is 4.98 Å². The molecule has 2 aromatic heterocycles. The molecule has 0 aliphatic carbocycles. The largest absolute Gasteiger partial charge is 0.365 e. The molecule has 0 aliphatic heterocycles. The zero-order valence-corrected chi connectivity index (χ0v) is 16.2. The van der Waals surface area contributed by atoms with Gasteiger partial charge in [-0.3, -0.25) is 0 Å². The third-order valence-electron chi connectivity index (χ3n) is 4.22. The van der Waals surface area contributed by atoms with Crippen molar-refractivity contribution in [1.82, 2.24) is 4.98 Å². The number of rotatable bonds is 4. The van der Waals surface area contributed by atoms with Crippen LogP contribution in [0.1, 0.15) is 11.1 Å². The minimum Gasteiger partial charge on any atom is -0.365 e. The summed E-state index contributed by atoms with van der Waals surface area (Å²) >= 11 is 5.39. The third kappa shape index (κ3) is 3.32. The Morgan fingerprint density at radius 1 is 1.04 bits per heavy atom. The summed E-state index contributed by atoms with van der Waals surface area (Å²) in [5, 5.41) is 6.91. The second-order valence-corrected chi connectivity index (χ2v) is 7.75. The van der Waals surface area contributed by atoms with Gasteiger partial charge in [-0.1, -0.05) is 60.2 Å². The maximum Gasteiger partial charge on any atom is 0.135 e. The van der Waals surface area contributed by atoms with Gasteiger partial charge < -0.3 is 5.32 Å². The van der Waals surface area contributed by atoms with Crippen molar-refractivity contribution in [3.8, 4) is 11.1 Å². The molecule has 4 rings (SSSR count). The molecule has 0 aliphatic rings. The van der Waals surface area contributed by atoms with Crippen molar-refractivity contribution in [3.05, 3.63) is 81.8 Å².